The van der Waals surface area contributed by atoms with Gasteiger partial charge in [-0.3, -0.25) is 0 Å². The molecule has 0 amide bonds. The van der Waals surface area contributed by atoms with Crippen molar-refractivity contribution < 1.29 is 0 Å². The van der Waals surface area contributed by atoms with Crippen LogP contribution < -0.4 is 8.45 Å². The van der Waals surface area contributed by atoms with Gasteiger partial charge in [0.2, 0.25) is 0 Å². The Balaban J connectivity index is 2.28. The van der Waals surface area contributed by atoms with Crippen molar-refractivity contribution in [3.05, 3.63) is 28.7 Å². The van der Waals surface area contributed by atoms with E-state index in [4.69, 9.17) is 0 Å². The zero-order valence-electron chi connectivity index (χ0n) is 15.4. The Labute approximate surface area is 160 Å². The van der Waals surface area contributed by atoms with Crippen molar-refractivity contribution in [2.24, 2.45) is 0 Å². The molecule has 0 aromatic carbocycles. The summed E-state index contributed by atoms with van der Waals surface area (Å²) in [5, 5.41) is 1.15. The summed E-state index contributed by atoms with van der Waals surface area (Å²) < 4.78 is 3.09. The van der Waals surface area contributed by atoms with Gasteiger partial charge in [-0.1, -0.05) is 0 Å². The van der Waals surface area contributed by atoms with Crippen molar-refractivity contribution in [2.75, 3.05) is 0 Å². The first kappa shape index (κ1) is 20.0. The number of hydrogen-bond acceptors (Lipinski definition) is 2. The second-order valence-electron chi connectivity index (χ2n) is 6.92. The molecule has 0 unspecified atom stereocenters. The first-order valence-corrected chi connectivity index (χ1v) is 13.2. The number of H-pyrrole nitrogens is 1. The molecular weight excluding hydrogens is 421 g/mol. The molecular formula is C20H31NOSSn. The van der Waals surface area contributed by atoms with Gasteiger partial charge in [0, 0.05) is 0 Å². The average Bonchev–Trinajstić information content (AvgIpc) is 3.00. The Morgan fingerprint density at radius 2 is 1.62 bits per heavy atom. The van der Waals surface area contributed by atoms with E-state index in [1.165, 1.54) is 57.8 Å². The first-order valence-electron chi connectivity index (χ1n) is 9.53. The second kappa shape index (κ2) is 10.0. The topological polar surface area (TPSA) is 32.9 Å². The molecule has 4 heteroatoms. The molecule has 0 aliphatic rings. The Morgan fingerprint density at radius 1 is 1.04 bits per heavy atom. The summed E-state index contributed by atoms with van der Waals surface area (Å²) >= 11 is 1.07. The minimum atomic E-state index is -0.715. The maximum atomic E-state index is 12.0. The Bertz CT molecular complexity index is 654. The number of unbranched alkanes of at least 4 members (excludes halogenated alkanes) is 3. The summed E-state index contributed by atoms with van der Waals surface area (Å²) in [5.41, 5.74) is 0.0874. The van der Waals surface area contributed by atoms with Crippen LogP contribution >= 0.6 is 11.3 Å². The van der Waals surface area contributed by atoms with Gasteiger partial charge in [0.15, 0.2) is 0 Å². The molecule has 24 heavy (non-hydrogen) atoms. The van der Waals surface area contributed by atoms with Crippen LogP contribution in [0.1, 0.15) is 78.6 Å². The van der Waals surface area contributed by atoms with E-state index in [0.29, 0.717) is 3.43 Å². The fourth-order valence-electron chi connectivity index (χ4n) is 3.41. The molecule has 0 bridgehead atoms. The molecule has 0 spiro atoms. The molecule has 2 nitrogen and oxygen atoms in total. The van der Waals surface area contributed by atoms with Crippen molar-refractivity contribution in [2.45, 2.75) is 82.0 Å². The first-order chi connectivity index (χ1) is 11.6. The monoisotopic (exact) mass is 453 g/mol. The number of aromatic nitrogens is 1. The third-order valence-corrected chi connectivity index (χ3v) is 12.2. The van der Waals surface area contributed by atoms with Gasteiger partial charge >= 0.3 is 161 Å². The molecule has 0 aliphatic heterocycles. The van der Waals surface area contributed by atoms with E-state index in [-0.39, 0.29) is 5.56 Å². The normalized spacial score (nSPS) is 12.1. The van der Waals surface area contributed by atoms with Gasteiger partial charge in [-0.15, -0.1) is 0 Å². The summed E-state index contributed by atoms with van der Waals surface area (Å²) in [6.07, 6.45) is 14.0. The SMILES string of the molecule is CCCC[C](CCCC)(CCCC)[Sn][c]1cc2cc[nH]c(=O)c2s1. The van der Waals surface area contributed by atoms with Crippen LogP contribution in [0.3, 0.4) is 0 Å². The predicted molar refractivity (Wildman–Crippen MR) is 109 cm³/mol. The summed E-state index contributed by atoms with van der Waals surface area (Å²) in [7, 11) is 0. The summed E-state index contributed by atoms with van der Waals surface area (Å²) in [5.74, 6) is 0. The molecule has 2 aromatic rings. The van der Waals surface area contributed by atoms with Crippen molar-refractivity contribution in [1.29, 1.82) is 0 Å². The quantitative estimate of drug-likeness (QED) is 0.440. The number of fused-ring (bicyclic) bond motifs is 1. The molecule has 2 radical (unpaired) electrons. The number of pyridine rings is 1. The minimum absolute atomic E-state index is 0.0874. The van der Waals surface area contributed by atoms with E-state index in [0.717, 1.165) is 10.1 Å². The van der Waals surface area contributed by atoms with Crippen LogP contribution in [0.15, 0.2) is 23.1 Å². The number of hydrogen-bond donors (Lipinski definition) is 1. The van der Waals surface area contributed by atoms with E-state index >= 15 is 0 Å². The predicted octanol–water partition coefficient (Wildman–Crippen LogP) is 5.65. The van der Waals surface area contributed by atoms with E-state index in [2.05, 4.69) is 37.9 Å². The number of rotatable bonds is 11. The van der Waals surface area contributed by atoms with Crippen LogP contribution in [0.5, 0.6) is 0 Å². The van der Waals surface area contributed by atoms with Gasteiger partial charge in [0.05, 0.1) is 0 Å². The third kappa shape index (κ3) is 5.35. The molecule has 1 N–H and O–H groups in total. The van der Waals surface area contributed by atoms with Crippen LogP contribution in [0, 0.1) is 0 Å². The van der Waals surface area contributed by atoms with Gasteiger partial charge in [-0.05, 0) is 0 Å². The van der Waals surface area contributed by atoms with E-state index in [1.807, 2.05) is 0 Å². The Hall–Kier alpha value is -0.291. The molecule has 0 saturated carbocycles. The van der Waals surface area contributed by atoms with Gasteiger partial charge in [0.25, 0.3) is 0 Å². The summed E-state index contributed by atoms with van der Waals surface area (Å²) in [6.45, 7) is 6.94. The average molecular weight is 452 g/mol. The van der Waals surface area contributed by atoms with Crippen LogP contribution in [-0.2, 0) is 0 Å². The van der Waals surface area contributed by atoms with Gasteiger partial charge < -0.3 is 0 Å². The van der Waals surface area contributed by atoms with Gasteiger partial charge in [0.1, 0.15) is 0 Å². The van der Waals surface area contributed by atoms with Crippen LogP contribution in [0.2, 0.25) is 3.43 Å². The molecule has 0 fully saturated rings. The van der Waals surface area contributed by atoms with E-state index in [1.54, 1.807) is 20.4 Å². The van der Waals surface area contributed by atoms with Crippen molar-refractivity contribution in [3.8, 4) is 0 Å². The molecule has 0 atom stereocenters. The fraction of sp³-hybridized carbons (Fsp3) is 0.650. The molecule has 0 saturated heterocycles. The van der Waals surface area contributed by atoms with Gasteiger partial charge in [-0.2, -0.15) is 0 Å². The molecule has 132 valence electrons. The Kier molecular flexibility index (Phi) is 8.35. The van der Waals surface area contributed by atoms with Crippen LogP contribution in [0.25, 0.3) is 10.1 Å². The van der Waals surface area contributed by atoms with E-state index < -0.39 is 21.1 Å². The summed E-state index contributed by atoms with van der Waals surface area (Å²) in [4.78, 5) is 14.9. The Morgan fingerprint density at radius 3 is 2.12 bits per heavy atom. The molecule has 2 rings (SSSR count). The number of nitrogens with one attached hydrogen (secondary N) is 1. The maximum absolute atomic E-state index is 12.0. The number of aromatic amines is 1. The molecule has 2 aromatic heterocycles. The van der Waals surface area contributed by atoms with Crippen LogP contribution in [0.4, 0.5) is 0 Å². The zero-order valence-corrected chi connectivity index (χ0v) is 19.1. The summed E-state index contributed by atoms with van der Waals surface area (Å²) in [6, 6.07) is 4.39. The van der Waals surface area contributed by atoms with Crippen molar-refractivity contribution in [1.82, 2.24) is 4.98 Å². The fourth-order valence-corrected chi connectivity index (χ4v) is 11.8. The second-order valence-corrected chi connectivity index (χ2v) is 14.3. The van der Waals surface area contributed by atoms with Crippen molar-refractivity contribution >= 4 is 45.5 Å². The number of thiophene rings is 1. The van der Waals surface area contributed by atoms with Gasteiger partial charge in [-0.25, -0.2) is 0 Å². The van der Waals surface area contributed by atoms with Crippen LogP contribution in [-0.4, -0.2) is 26.1 Å². The molecule has 2 heterocycles. The van der Waals surface area contributed by atoms with Crippen molar-refractivity contribution in [3.63, 3.8) is 0 Å². The standard InChI is InChI=1S/C13H27.C7H4NOS.Sn/c1-4-7-10-13(11-8-5-2)12-9-6-3;9-7-6-5(1-3-8-7)2-4-10-6;/h4-12H2,1-3H3;1-3H,(H,8,9);. The zero-order chi connectivity index (χ0) is 17.4. The molecule has 0 aliphatic carbocycles. The van der Waals surface area contributed by atoms with E-state index in [9.17, 15) is 4.79 Å². The third-order valence-electron chi connectivity index (χ3n) is 4.86.